The van der Waals surface area contributed by atoms with Crippen molar-refractivity contribution in [2.45, 2.75) is 58.6 Å². The summed E-state index contributed by atoms with van der Waals surface area (Å²) in [6, 6.07) is 7.56. The van der Waals surface area contributed by atoms with Gasteiger partial charge in [0.05, 0.1) is 18.6 Å². The SMILES string of the molecule is Cc1ccc(C(CC(=O)OC(C)C)NC(=O)CCC2CCNC2)cc1.Cl. The van der Waals surface area contributed by atoms with Crippen LogP contribution in [0.15, 0.2) is 24.3 Å². The second-order valence-electron chi connectivity index (χ2n) is 7.17. The number of hydrogen-bond donors (Lipinski definition) is 2. The van der Waals surface area contributed by atoms with E-state index < -0.39 is 0 Å². The molecule has 2 rings (SSSR count). The first-order chi connectivity index (χ1) is 11.9. The molecular formula is C20H31ClN2O3. The zero-order valence-corrected chi connectivity index (χ0v) is 16.7. The molecule has 0 saturated carbocycles. The van der Waals surface area contributed by atoms with Gasteiger partial charge in [0.25, 0.3) is 0 Å². The van der Waals surface area contributed by atoms with Gasteiger partial charge in [0.1, 0.15) is 0 Å². The van der Waals surface area contributed by atoms with Crippen molar-refractivity contribution >= 4 is 24.3 Å². The highest BCUT2D eigenvalue weighted by Crippen LogP contribution is 2.20. The van der Waals surface area contributed by atoms with Gasteiger partial charge < -0.3 is 15.4 Å². The van der Waals surface area contributed by atoms with Gasteiger partial charge in [-0.2, -0.15) is 0 Å². The number of benzene rings is 1. The molecule has 1 aromatic rings. The molecule has 1 amide bonds. The number of nitrogens with one attached hydrogen (secondary N) is 2. The number of ether oxygens (including phenoxy) is 1. The van der Waals surface area contributed by atoms with Crippen molar-refractivity contribution in [1.82, 2.24) is 10.6 Å². The normalized spacial score (nSPS) is 17.5. The largest absolute Gasteiger partial charge is 0.463 e. The molecule has 0 radical (unpaired) electrons. The predicted octanol–water partition coefficient (Wildman–Crippen LogP) is 3.31. The van der Waals surface area contributed by atoms with E-state index in [9.17, 15) is 9.59 Å². The Morgan fingerprint density at radius 3 is 2.54 bits per heavy atom. The van der Waals surface area contributed by atoms with Crippen LogP contribution in [0.3, 0.4) is 0 Å². The van der Waals surface area contributed by atoms with Crippen LogP contribution in [0.5, 0.6) is 0 Å². The first kappa shape index (κ1) is 22.5. The maximum Gasteiger partial charge on any atom is 0.308 e. The Balaban J connectivity index is 0.00000338. The van der Waals surface area contributed by atoms with Crippen molar-refractivity contribution in [2.24, 2.45) is 5.92 Å². The molecule has 146 valence electrons. The zero-order chi connectivity index (χ0) is 18.2. The molecule has 1 heterocycles. The number of rotatable bonds is 8. The summed E-state index contributed by atoms with van der Waals surface area (Å²) >= 11 is 0. The Hall–Kier alpha value is -1.59. The number of carbonyl (C=O) groups is 2. The van der Waals surface area contributed by atoms with Crippen molar-refractivity contribution in [1.29, 1.82) is 0 Å². The molecule has 1 aromatic carbocycles. The van der Waals surface area contributed by atoms with Gasteiger partial charge in [-0.05, 0) is 58.2 Å². The molecule has 6 heteroatoms. The lowest BCUT2D eigenvalue weighted by Crippen LogP contribution is -2.31. The maximum atomic E-state index is 12.4. The van der Waals surface area contributed by atoms with Gasteiger partial charge in [-0.3, -0.25) is 9.59 Å². The predicted molar refractivity (Wildman–Crippen MR) is 105 cm³/mol. The van der Waals surface area contributed by atoms with Crippen LogP contribution in [0.2, 0.25) is 0 Å². The van der Waals surface area contributed by atoms with Crippen molar-refractivity contribution in [3.05, 3.63) is 35.4 Å². The lowest BCUT2D eigenvalue weighted by atomic mass is 10.00. The van der Waals surface area contributed by atoms with Crippen molar-refractivity contribution in [3.8, 4) is 0 Å². The fourth-order valence-corrected chi connectivity index (χ4v) is 3.09. The third-order valence-corrected chi connectivity index (χ3v) is 4.49. The van der Waals surface area contributed by atoms with Crippen LogP contribution in [0.4, 0.5) is 0 Å². The fraction of sp³-hybridized carbons (Fsp3) is 0.600. The number of amides is 1. The molecule has 2 atom stereocenters. The number of aryl methyl sites for hydroxylation is 1. The Labute approximate surface area is 162 Å². The first-order valence-corrected chi connectivity index (χ1v) is 9.20. The van der Waals surface area contributed by atoms with E-state index in [1.54, 1.807) is 0 Å². The molecule has 2 N–H and O–H groups in total. The van der Waals surface area contributed by atoms with Crippen molar-refractivity contribution < 1.29 is 14.3 Å². The quantitative estimate of drug-likeness (QED) is 0.677. The summed E-state index contributed by atoms with van der Waals surface area (Å²) in [5.41, 5.74) is 2.08. The van der Waals surface area contributed by atoms with Crippen LogP contribution in [0.25, 0.3) is 0 Å². The molecule has 2 unspecified atom stereocenters. The summed E-state index contributed by atoms with van der Waals surface area (Å²) in [5.74, 6) is 0.283. The van der Waals surface area contributed by atoms with Gasteiger partial charge >= 0.3 is 5.97 Å². The molecule has 26 heavy (non-hydrogen) atoms. The Morgan fingerprint density at radius 2 is 1.96 bits per heavy atom. The van der Waals surface area contributed by atoms with Crippen molar-refractivity contribution in [2.75, 3.05) is 13.1 Å². The second kappa shape index (κ2) is 11.2. The summed E-state index contributed by atoms with van der Waals surface area (Å²) < 4.78 is 5.25. The minimum absolute atomic E-state index is 0. The first-order valence-electron chi connectivity index (χ1n) is 9.20. The third kappa shape index (κ3) is 7.75. The van der Waals surface area contributed by atoms with Gasteiger partial charge in [0.2, 0.25) is 5.91 Å². The summed E-state index contributed by atoms with van der Waals surface area (Å²) in [6.07, 6.45) is 2.51. The van der Waals surface area contributed by atoms with E-state index in [-0.39, 0.29) is 42.9 Å². The fourth-order valence-electron chi connectivity index (χ4n) is 3.09. The highest BCUT2D eigenvalue weighted by atomic mass is 35.5. The van der Waals surface area contributed by atoms with Gasteiger partial charge in [-0.1, -0.05) is 29.8 Å². The molecule has 0 aliphatic carbocycles. The Kier molecular flexibility index (Phi) is 9.66. The minimum atomic E-state index is -0.346. The third-order valence-electron chi connectivity index (χ3n) is 4.49. The Bertz CT molecular complexity index is 569. The van der Waals surface area contributed by atoms with Gasteiger partial charge in [0.15, 0.2) is 0 Å². The van der Waals surface area contributed by atoms with Gasteiger partial charge in [-0.15, -0.1) is 12.4 Å². The highest BCUT2D eigenvalue weighted by molar-refractivity contribution is 5.85. The standard InChI is InChI=1S/C20H30N2O3.ClH/c1-14(2)25-20(24)12-18(17-7-4-15(3)5-8-17)22-19(23)9-6-16-10-11-21-13-16;/h4-5,7-8,14,16,18,21H,6,9-13H2,1-3H3,(H,22,23);1H. The minimum Gasteiger partial charge on any atom is -0.463 e. The van der Waals surface area contributed by atoms with Gasteiger partial charge in [-0.25, -0.2) is 0 Å². The van der Waals surface area contributed by atoms with E-state index in [0.717, 1.165) is 37.1 Å². The summed E-state index contributed by atoms with van der Waals surface area (Å²) in [4.78, 5) is 24.4. The summed E-state index contributed by atoms with van der Waals surface area (Å²) in [5, 5.41) is 6.34. The van der Waals surface area contributed by atoms with E-state index >= 15 is 0 Å². The van der Waals surface area contributed by atoms with Crippen molar-refractivity contribution in [3.63, 3.8) is 0 Å². The Morgan fingerprint density at radius 1 is 1.27 bits per heavy atom. The van der Waals surface area contributed by atoms with Crippen LogP contribution >= 0.6 is 12.4 Å². The average Bonchev–Trinajstić information content (AvgIpc) is 3.06. The molecule has 1 fully saturated rings. The van der Waals surface area contributed by atoms with Gasteiger partial charge in [0, 0.05) is 6.42 Å². The highest BCUT2D eigenvalue weighted by Gasteiger charge is 2.21. The van der Waals surface area contributed by atoms with E-state index in [4.69, 9.17) is 4.74 Å². The lowest BCUT2D eigenvalue weighted by Gasteiger charge is -2.20. The van der Waals surface area contributed by atoms with Crippen LogP contribution in [0.1, 0.15) is 56.7 Å². The molecule has 5 nitrogen and oxygen atoms in total. The van der Waals surface area contributed by atoms with E-state index in [2.05, 4.69) is 10.6 Å². The smallest absolute Gasteiger partial charge is 0.308 e. The van der Waals surface area contributed by atoms with E-state index in [1.165, 1.54) is 0 Å². The second-order valence-corrected chi connectivity index (χ2v) is 7.17. The van der Waals surface area contributed by atoms with Crippen LogP contribution in [0, 0.1) is 12.8 Å². The molecule has 0 aromatic heterocycles. The summed E-state index contributed by atoms with van der Waals surface area (Å²) in [6.45, 7) is 7.70. The monoisotopic (exact) mass is 382 g/mol. The molecule has 1 saturated heterocycles. The van der Waals surface area contributed by atoms with E-state index in [0.29, 0.717) is 12.3 Å². The average molecular weight is 383 g/mol. The summed E-state index contributed by atoms with van der Waals surface area (Å²) in [7, 11) is 0. The number of carbonyl (C=O) groups excluding carboxylic acids is 2. The topological polar surface area (TPSA) is 67.4 Å². The number of hydrogen-bond acceptors (Lipinski definition) is 4. The molecular weight excluding hydrogens is 352 g/mol. The van der Waals surface area contributed by atoms with Crippen LogP contribution < -0.4 is 10.6 Å². The molecule has 0 spiro atoms. The maximum absolute atomic E-state index is 12.4. The zero-order valence-electron chi connectivity index (χ0n) is 15.9. The number of halogens is 1. The molecule has 0 bridgehead atoms. The van der Waals surface area contributed by atoms with Crippen LogP contribution in [-0.2, 0) is 14.3 Å². The molecule has 1 aliphatic rings. The number of esters is 1. The van der Waals surface area contributed by atoms with E-state index in [1.807, 2.05) is 45.0 Å². The lowest BCUT2D eigenvalue weighted by molar-refractivity contribution is -0.148. The molecule has 1 aliphatic heterocycles. The van der Waals surface area contributed by atoms with Crippen LogP contribution in [-0.4, -0.2) is 31.1 Å².